The van der Waals surface area contributed by atoms with Crippen molar-refractivity contribution < 1.29 is 0 Å². The summed E-state index contributed by atoms with van der Waals surface area (Å²) in [6.45, 7) is 8.39. The Hall–Kier alpha value is -4.30. The quantitative estimate of drug-likeness (QED) is 0.196. The van der Waals surface area contributed by atoms with Crippen LogP contribution in [-0.4, -0.2) is 0 Å². The fraction of sp³-hybridized carbons (Fsp3) is 0.143. The van der Waals surface area contributed by atoms with E-state index >= 15 is 0 Å². The first kappa shape index (κ1) is 24.4. The van der Waals surface area contributed by atoms with Crippen LogP contribution in [0.1, 0.15) is 44.5 Å². The van der Waals surface area contributed by atoms with Gasteiger partial charge in [-0.1, -0.05) is 109 Å². The van der Waals surface area contributed by atoms with Crippen LogP contribution in [0, 0.1) is 27.7 Å². The fourth-order valence-electron chi connectivity index (χ4n) is 5.61. The number of anilines is 2. The third kappa shape index (κ3) is 4.19. The van der Waals surface area contributed by atoms with Crippen molar-refractivity contribution in [2.45, 2.75) is 33.1 Å². The predicted molar refractivity (Wildman–Crippen MR) is 158 cm³/mol. The maximum absolute atomic E-state index is 6.45. The molecule has 4 N–H and O–H groups in total. The Balaban J connectivity index is 1.88. The van der Waals surface area contributed by atoms with Crippen molar-refractivity contribution in [3.05, 3.63) is 154 Å². The molecule has 0 spiro atoms. The zero-order valence-electron chi connectivity index (χ0n) is 22.0. The van der Waals surface area contributed by atoms with Gasteiger partial charge in [0.05, 0.1) is 5.41 Å². The van der Waals surface area contributed by atoms with Gasteiger partial charge in [0.2, 0.25) is 0 Å². The van der Waals surface area contributed by atoms with Crippen LogP contribution in [0.25, 0.3) is 11.1 Å². The summed E-state index contributed by atoms with van der Waals surface area (Å²) in [5.74, 6) is 0. The van der Waals surface area contributed by atoms with Gasteiger partial charge in [-0.15, -0.1) is 0 Å². The van der Waals surface area contributed by atoms with Crippen LogP contribution in [0.5, 0.6) is 0 Å². The summed E-state index contributed by atoms with van der Waals surface area (Å²) in [5.41, 5.74) is 25.5. The van der Waals surface area contributed by atoms with Crippen LogP contribution in [0.3, 0.4) is 0 Å². The van der Waals surface area contributed by atoms with Crippen molar-refractivity contribution in [1.29, 1.82) is 0 Å². The Morgan fingerprint density at radius 2 is 0.757 bits per heavy atom. The van der Waals surface area contributed by atoms with Crippen molar-refractivity contribution >= 4 is 11.4 Å². The molecule has 0 aliphatic heterocycles. The van der Waals surface area contributed by atoms with Crippen molar-refractivity contribution in [1.82, 2.24) is 0 Å². The van der Waals surface area contributed by atoms with E-state index < -0.39 is 5.41 Å². The number of aryl methyl sites for hydroxylation is 4. The molecule has 0 aliphatic carbocycles. The molecule has 184 valence electrons. The highest BCUT2D eigenvalue weighted by molar-refractivity contribution is 5.69. The number of hydrogen-bond acceptors (Lipinski definition) is 2. The summed E-state index contributed by atoms with van der Waals surface area (Å²) in [4.78, 5) is 0. The lowest BCUT2D eigenvalue weighted by molar-refractivity contribution is 0.741. The summed E-state index contributed by atoms with van der Waals surface area (Å²) in [6, 6.07) is 39.3. The zero-order valence-corrected chi connectivity index (χ0v) is 22.0. The van der Waals surface area contributed by atoms with Crippen molar-refractivity contribution in [2.24, 2.45) is 0 Å². The lowest BCUT2D eigenvalue weighted by Crippen LogP contribution is -2.31. The highest BCUT2D eigenvalue weighted by atomic mass is 14.6. The molecule has 0 heterocycles. The van der Waals surface area contributed by atoms with Crippen LogP contribution in [0.4, 0.5) is 11.4 Å². The Labute approximate surface area is 220 Å². The highest BCUT2D eigenvalue weighted by Crippen LogP contribution is 2.47. The number of nitrogens with two attached hydrogens (primary N) is 2. The molecule has 2 nitrogen and oxygen atoms in total. The summed E-state index contributed by atoms with van der Waals surface area (Å²) >= 11 is 0. The van der Waals surface area contributed by atoms with Gasteiger partial charge in [0.25, 0.3) is 0 Å². The van der Waals surface area contributed by atoms with E-state index in [-0.39, 0.29) is 0 Å². The van der Waals surface area contributed by atoms with E-state index in [1.165, 1.54) is 33.4 Å². The second-order valence-corrected chi connectivity index (χ2v) is 10.1. The predicted octanol–water partition coefficient (Wildman–Crippen LogP) is 8.13. The average Bonchev–Trinajstić information content (AvgIpc) is 2.92. The maximum Gasteiger partial charge on any atom is 0.0702 e. The molecule has 5 aromatic rings. The summed E-state index contributed by atoms with van der Waals surface area (Å²) in [5, 5.41) is 0. The second-order valence-electron chi connectivity index (χ2n) is 10.1. The molecule has 0 aliphatic rings. The minimum atomic E-state index is -0.553. The van der Waals surface area contributed by atoms with Gasteiger partial charge in [-0.05, 0) is 83.3 Å². The molecular weight excluding hydrogens is 448 g/mol. The first-order chi connectivity index (χ1) is 17.8. The fourth-order valence-corrected chi connectivity index (χ4v) is 5.61. The van der Waals surface area contributed by atoms with Crippen LogP contribution in [-0.2, 0) is 5.41 Å². The standard InChI is InChI=1S/C35H34N2/c1-23-19-31(20-24(2)33(23)36)35(29-13-9-6-10-14-29,32-21-25(3)34(37)26(4)22-32)30-17-15-28(16-18-30)27-11-7-5-8-12-27/h5-22H,36-37H2,1-4H3. The van der Waals surface area contributed by atoms with E-state index in [0.29, 0.717) is 0 Å². The Morgan fingerprint density at radius 1 is 0.405 bits per heavy atom. The van der Waals surface area contributed by atoms with E-state index in [1.807, 2.05) is 0 Å². The Kier molecular flexibility index (Phi) is 6.35. The highest BCUT2D eigenvalue weighted by Gasteiger charge is 2.39. The van der Waals surface area contributed by atoms with Gasteiger partial charge in [0.15, 0.2) is 0 Å². The second kappa shape index (κ2) is 9.63. The van der Waals surface area contributed by atoms with Crippen LogP contribution >= 0.6 is 0 Å². The Morgan fingerprint density at radius 3 is 1.19 bits per heavy atom. The van der Waals surface area contributed by atoms with Gasteiger partial charge in [0.1, 0.15) is 0 Å². The minimum Gasteiger partial charge on any atom is -0.398 e. The first-order valence-electron chi connectivity index (χ1n) is 12.8. The van der Waals surface area contributed by atoms with Crippen LogP contribution < -0.4 is 11.5 Å². The number of hydrogen-bond donors (Lipinski definition) is 2. The monoisotopic (exact) mass is 482 g/mol. The van der Waals surface area contributed by atoms with Gasteiger partial charge in [-0.2, -0.15) is 0 Å². The largest absolute Gasteiger partial charge is 0.398 e. The van der Waals surface area contributed by atoms with E-state index in [0.717, 1.165) is 33.6 Å². The molecule has 5 aromatic carbocycles. The molecule has 0 saturated carbocycles. The summed E-state index contributed by atoms with van der Waals surface area (Å²) < 4.78 is 0. The van der Waals surface area contributed by atoms with Gasteiger partial charge in [-0.25, -0.2) is 0 Å². The normalized spacial score (nSPS) is 11.5. The molecule has 5 rings (SSSR count). The zero-order chi connectivity index (χ0) is 26.2. The van der Waals surface area contributed by atoms with Gasteiger partial charge >= 0.3 is 0 Å². The smallest absolute Gasteiger partial charge is 0.0702 e. The molecule has 0 atom stereocenters. The molecule has 2 heteroatoms. The van der Waals surface area contributed by atoms with Crippen molar-refractivity contribution in [2.75, 3.05) is 11.5 Å². The lowest BCUT2D eigenvalue weighted by atomic mass is 9.64. The van der Waals surface area contributed by atoms with Crippen LogP contribution in [0.15, 0.2) is 109 Å². The molecule has 0 aromatic heterocycles. The van der Waals surface area contributed by atoms with Gasteiger partial charge in [-0.3, -0.25) is 0 Å². The Bertz CT molecular complexity index is 1450. The van der Waals surface area contributed by atoms with E-state index in [4.69, 9.17) is 11.5 Å². The van der Waals surface area contributed by atoms with Crippen LogP contribution in [0.2, 0.25) is 0 Å². The van der Waals surface area contributed by atoms with Crippen molar-refractivity contribution in [3.63, 3.8) is 0 Å². The van der Waals surface area contributed by atoms with Crippen molar-refractivity contribution in [3.8, 4) is 11.1 Å². The molecule has 0 saturated heterocycles. The average molecular weight is 483 g/mol. The van der Waals surface area contributed by atoms with E-state index in [2.05, 4.69) is 137 Å². The molecule has 0 unspecified atom stereocenters. The molecule has 37 heavy (non-hydrogen) atoms. The molecule has 0 amide bonds. The molecule has 0 bridgehead atoms. The minimum absolute atomic E-state index is 0.553. The summed E-state index contributed by atoms with van der Waals surface area (Å²) in [6.07, 6.45) is 0. The SMILES string of the molecule is Cc1cc(C(c2ccccc2)(c2ccc(-c3ccccc3)cc2)c2cc(C)c(N)c(C)c2)cc(C)c1N. The molecule has 0 fully saturated rings. The van der Waals surface area contributed by atoms with E-state index in [1.54, 1.807) is 0 Å². The third-order valence-corrected chi connectivity index (χ3v) is 7.69. The number of nitrogen functional groups attached to an aromatic ring is 2. The maximum atomic E-state index is 6.45. The molecular formula is C35H34N2. The summed E-state index contributed by atoms with van der Waals surface area (Å²) in [7, 11) is 0. The first-order valence-corrected chi connectivity index (χ1v) is 12.8. The molecule has 0 radical (unpaired) electrons. The van der Waals surface area contributed by atoms with E-state index in [9.17, 15) is 0 Å². The van der Waals surface area contributed by atoms with Gasteiger partial charge < -0.3 is 11.5 Å². The topological polar surface area (TPSA) is 52.0 Å². The third-order valence-electron chi connectivity index (χ3n) is 7.69. The van der Waals surface area contributed by atoms with Gasteiger partial charge in [0, 0.05) is 11.4 Å². The lowest BCUT2D eigenvalue weighted by Gasteiger charge is -2.38. The number of rotatable bonds is 5. The number of benzene rings is 5.